The standard InChI is InChI=1S/C18H19Cl2N3S2/c1-3-7-23-17(13-9-14(4-2)24-11-13)21-22-18(23)25-10-12-5-6-15(19)16(20)8-12/h5-6,8-9,11H,3-4,7,10H2,1-2H3. The lowest BCUT2D eigenvalue weighted by Gasteiger charge is -2.08. The lowest BCUT2D eigenvalue weighted by atomic mass is 10.2. The Kier molecular flexibility index (Phi) is 6.44. The Morgan fingerprint density at radius 3 is 2.64 bits per heavy atom. The molecule has 0 amide bonds. The van der Waals surface area contributed by atoms with Gasteiger partial charge in [-0.1, -0.05) is 54.9 Å². The largest absolute Gasteiger partial charge is 0.302 e. The molecule has 7 heteroatoms. The highest BCUT2D eigenvalue weighted by molar-refractivity contribution is 7.98. The third kappa shape index (κ3) is 4.40. The normalized spacial score (nSPS) is 11.2. The van der Waals surface area contributed by atoms with Crippen LogP contribution in [0.2, 0.25) is 10.0 Å². The van der Waals surface area contributed by atoms with E-state index in [0.29, 0.717) is 10.0 Å². The highest BCUT2D eigenvalue weighted by Crippen LogP contribution is 2.31. The first-order valence-corrected chi connectivity index (χ1v) is 10.8. The molecule has 0 N–H and O–H groups in total. The summed E-state index contributed by atoms with van der Waals surface area (Å²) in [4.78, 5) is 1.37. The van der Waals surface area contributed by atoms with Gasteiger partial charge in [-0.25, -0.2) is 0 Å². The molecule has 0 aliphatic heterocycles. The molecule has 0 radical (unpaired) electrons. The maximum atomic E-state index is 6.10. The number of benzene rings is 1. The Bertz CT molecular complexity index is 858. The Hall–Kier alpha value is -1.01. The lowest BCUT2D eigenvalue weighted by Crippen LogP contribution is -2.01. The van der Waals surface area contributed by atoms with Gasteiger partial charge in [0.05, 0.1) is 10.0 Å². The van der Waals surface area contributed by atoms with Crippen molar-refractivity contribution in [2.75, 3.05) is 0 Å². The molecule has 2 heterocycles. The van der Waals surface area contributed by atoms with Gasteiger partial charge >= 0.3 is 0 Å². The van der Waals surface area contributed by atoms with Crippen molar-refractivity contribution < 1.29 is 0 Å². The molecule has 25 heavy (non-hydrogen) atoms. The fraction of sp³-hybridized carbons (Fsp3) is 0.333. The van der Waals surface area contributed by atoms with Gasteiger partial charge in [-0.2, -0.15) is 0 Å². The van der Waals surface area contributed by atoms with Gasteiger partial charge in [-0.05, 0) is 36.6 Å². The van der Waals surface area contributed by atoms with Crippen LogP contribution >= 0.6 is 46.3 Å². The first kappa shape index (κ1) is 18.8. The smallest absolute Gasteiger partial charge is 0.191 e. The van der Waals surface area contributed by atoms with Gasteiger partial charge in [0.15, 0.2) is 11.0 Å². The molecule has 3 aromatic rings. The van der Waals surface area contributed by atoms with E-state index in [9.17, 15) is 0 Å². The summed E-state index contributed by atoms with van der Waals surface area (Å²) in [5.74, 6) is 1.73. The number of nitrogens with zero attached hydrogens (tertiary/aromatic N) is 3. The molecule has 2 aromatic heterocycles. The minimum Gasteiger partial charge on any atom is -0.302 e. The summed E-state index contributed by atoms with van der Waals surface area (Å²) in [5, 5.41) is 13.1. The van der Waals surface area contributed by atoms with Gasteiger partial charge in [0.2, 0.25) is 0 Å². The second-order valence-electron chi connectivity index (χ2n) is 5.65. The number of halogens is 2. The molecule has 0 atom stereocenters. The topological polar surface area (TPSA) is 30.7 Å². The van der Waals surface area contributed by atoms with Crippen LogP contribution < -0.4 is 0 Å². The van der Waals surface area contributed by atoms with Crippen LogP contribution in [-0.2, 0) is 18.7 Å². The number of hydrogen-bond donors (Lipinski definition) is 0. The zero-order valence-corrected chi connectivity index (χ0v) is 17.3. The van der Waals surface area contributed by atoms with E-state index in [4.69, 9.17) is 23.2 Å². The number of thiophene rings is 1. The summed E-state index contributed by atoms with van der Waals surface area (Å²) < 4.78 is 2.21. The second-order valence-corrected chi connectivity index (χ2v) is 8.40. The van der Waals surface area contributed by atoms with Crippen molar-refractivity contribution in [3.05, 3.63) is 50.1 Å². The van der Waals surface area contributed by atoms with E-state index in [1.54, 1.807) is 23.1 Å². The van der Waals surface area contributed by atoms with Crippen LogP contribution in [0.25, 0.3) is 11.4 Å². The third-order valence-corrected chi connectivity index (χ3v) is 6.63. The highest BCUT2D eigenvalue weighted by atomic mass is 35.5. The van der Waals surface area contributed by atoms with Crippen molar-refractivity contribution >= 4 is 46.3 Å². The zero-order chi connectivity index (χ0) is 17.8. The van der Waals surface area contributed by atoms with Crippen LogP contribution in [0.5, 0.6) is 0 Å². The first-order chi connectivity index (χ1) is 12.1. The summed E-state index contributed by atoms with van der Waals surface area (Å²) in [7, 11) is 0. The molecular formula is C18H19Cl2N3S2. The monoisotopic (exact) mass is 411 g/mol. The van der Waals surface area contributed by atoms with Crippen molar-refractivity contribution in [1.82, 2.24) is 14.8 Å². The van der Waals surface area contributed by atoms with E-state index in [-0.39, 0.29) is 0 Å². The zero-order valence-electron chi connectivity index (χ0n) is 14.1. The molecule has 132 valence electrons. The average molecular weight is 412 g/mol. The van der Waals surface area contributed by atoms with Gasteiger partial charge in [-0.3, -0.25) is 0 Å². The number of rotatable bonds is 7. The van der Waals surface area contributed by atoms with E-state index >= 15 is 0 Å². The maximum Gasteiger partial charge on any atom is 0.191 e. The Balaban J connectivity index is 1.82. The van der Waals surface area contributed by atoms with Gasteiger partial charge in [-0.15, -0.1) is 21.5 Å². The average Bonchev–Trinajstić information content (AvgIpc) is 3.23. The van der Waals surface area contributed by atoms with E-state index < -0.39 is 0 Å². The summed E-state index contributed by atoms with van der Waals surface area (Å²) in [6.07, 6.45) is 2.08. The predicted molar refractivity (Wildman–Crippen MR) is 109 cm³/mol. The molecule has 0 spiro atoms. The molecule has 3 nitrogen and oxygen atoms in total. The quantitative estimate of drug-likeness (QED) is 0.411. The second kappa shape index (κ2) is 8.58. The molecule has 0 unspecified atom stereocenters. The van der Waals surface area contributed by atoms with Gasteiger partial charge in [0, 0.05) is 28.1 Å². The molecule has 0 aliphatic rings. The molecule has 0 saturated heterocycles. The van der Waals surface area contributed by atoms with Crippen LogP contribution in [0.3, 0.4) is 0 Å². The summed E-state index contributed by atoms with van der Waals surface area (Å²) in [6.45, 7) is 5.25. The van der Waals surface area contributed by atoms with E-state index in [2.05, 4.69) is 40.1 Å². The van der Waals surface area contributed by atoms with Crippen LogP contribution in [-0.4, -0.2) is 14.8 Å². The van der Waals surface area contributed by atoms with Crippen molar-refractivity contribution in [2.45, 2.75) is 44.1 Å². The number of hydrogen-bond acceptors (Lipinski definition) is 4. The van der Waals surface area contributed by atoms with E-state index in [1.807, 2.05) is 18.2 Å². The van der Waals surface area contributed by atoms with Crippen LogP contribution in [0.1, 0.15) is 30.7 Å². The fourth-order valence-corrected chi connectivity index (χ4v) is 4.54. The van der Waals surface area contributed by atoms with Crippen molar-refractivity contribution in [2.24, 2.45) is 0 Å². The number of aromatic nitrogens is 3. The minimum absolute atomic E-state index is 0.580. The van der Waals surface area contributed by atoms with E-state index in [0.717, 1.165) is 47.2 Å². The van der Waals surface area contributed by atoms with Crippen LogP contribution in [0.4, 0.5) is 0 Å². The van der Waals surface area contributed by atoms with E-state index in [1.165, 1.54) is 4.88 Å². The molecule has 3 rings (SSSR count). The Morgan fingerprint density at radius 2 is 1.96 bits per heavy atom. The molecule has 0 aliphatic carbocycles. The van der Waals surface area contributed by atoms with Crippen LogP contribution in [0, 0.1) is 0 Å². The van der Waals surface area contributed by atoms with Crippen molar-refractivity contribution in [3.63, 3.8) is 0 Å². The number of aryl methyl sites for hydroxylation is 1. The van der Waals surface area contributed by atoms with Crippen molar-refractivity contribution in [1.29, 1.82) is 0 Å². The molecule has 1 aromatic carbocycles. The highest BCUT2D eigenvalue weighted by Gasteiger charge is 2.15. The molecule has 0 fully saturated rings. The minimum atomic E-state index is 0.580. The number of thioether (sulfide) groups is 1. The lowest BCUT2D eigenvalue weighted by molar-refractivity contribution is 0.626. The Labute approximate surface area is 166 Å². The Morgan fingerprint density at radius 1 is 1.12 bits per heavy atom. The molecular weight excluding hydrogens is 393 g/mol. The van der Waals surface area contributed by atoms with Gasteiger partial charge in [0.1, 0.15) is 0 Å². The maximum absolute atomic E-state index is 6.10. The first-order valence-electron chi connectivity index (χ1n) is 8.20. The SMILES string of the molecule is CCCn1c(SCc2ccc(Cl)c(Cl)c2)nnc1-c1csc(CC)c1. The molecule has 0 saturated carbocycles. The van der Waals surface area contributed by atoms with Crippen LogP contribution in [0.15, 0.2) is 34.8 Å². The summed E-state index contributed by atoms with van der Waals surface area (Å²) in [6, 6.07) is 7.95. The molecule has 0 bridgehead atoms. The fourth-order valence-electron chi connectivity index (χ4n) is 2.49. The summed E-state index contributed by atoms with van der Waals surface area (Å²) >= 11 is 15.5. The van der Waals surface area contributed by atoms with Gasteiger partial charge in [0.25, 0.3) is 0 Å². The van der Waals surface area contributed by atoms with Gasteiger partial charge < -0.3 is 4.57 Å². The third-order valence-electron chi connectivity index (χ3n) is 3.78. The van der Waals surface area contributed by atoms with Crippen molar-refractivity contribution in [3.8, 4) is 11.4 Å². The predicted octanol–water partition coefficient (Wildman–Crippen LogP) is 6.58. The summed E-state index contributed by atoms with van der Waals surface area (Å²) in [5.41, 5.74) is 2.28.